The summed E-state index contributed by atoms with van der Waals surface area (Å²) in [5, 5.41) is 11.3. The van der Waals surface area contributed by atoms with E-state index in [4.69, 9.17) is 31.0 Å². The minimum atomic E-state index is -5.86. The van der Waals surface area contributed by atoms with Crippen LogP contribution in [0.3, 0.4) is 0 Å². The van der Waals surface area contributed by atoms with E-state index in [0.717, 1.165) is 0 Å². The van der Waals surface area contributed by atoms with Crippen LogP contribution in [0.25, 0.3) is 0 Å². The van der Waals surface area contributed by atoms with Gasteiger partial charge in [-0.1, -0.05) is 0 Å². The van der Waals surface area contributed by atoms with Crippen LogP contribution in [0.5, 0.6) is 0 Å². The highest BCUT2D eigenvalue weighted by Gasteiger charge is 2.58. The fourth-order valence-corrected chi connectivity index (χ4v) is 5.99. The standard InChI is InChI=1S/C12H14ClF2N2O14P3/c13-2-1-12(15)6(4-18)8(29-10(12)17-3-7(14)9(19)16-11(17)20)5-28-33(24,25)31-34(26,27)30-32(21,22)23/h3,6,8,10,18H,4-5H2,(H,24,25)(H,26,27)(H,16,19,20)(H2,21,22,23)/t6?,8-,10-,12?/m1/s1. The Morgan fingerprint density at radius 1 is 1.21 bits per heavy atom. The number of nitrogens with one attached hydrogen (secondary N) is 1. The van der Waals surface area contributed by atoms with Gasteiger partial charge in [0.05, 0.1) is 31.4 Å². The van der Waals surface area contributed by atoms with Crippen molar-refractivity contribution in [1.29, 1.82) is 0 Å². The van der Waals surface area contributed by atoms with Crippen LogP contribution in [0.1, 0.15) is 6.23 Å². The number of aromatic nitrogens is 2. The number of rotatable bonds is 9. The maximum atomic E-state index is 15.7. The summed E-state index contributed by atoms with van der Waals surface area (Å²) in [5.41, 5.74) is -5.91. The van der Waals surface area contributed by atoms with Gasteiger partial charge >= 0.3 is 29.2 Å². The Balaban J connectivity index is 2.34. The van der Waals surface area contributed by atoms with E-state index < -0.39 is 77.7 Å². The van der Waals surface area contributed by atoms with Gasteiger partial charge in [0.15, 0.2) is 6.23 Å². The summed E-state index contributed by atoms with van der Waals surface area (Å²) in [6, 6.07) is 0. The molecule has 6 atom stereocenters. The quantitative estimate of drug-likeness (QED) is 0.159. The van der Waals surface area contributed by atoms with E-state index in [1.54, 1.807) is 11.3 Å². The second-order valence-electron chi connectivity index (χ2n) is 6.33. The van der Waals surface area contributed by atoms with Gasteiger partial charge in [-0.05, 0) is 17.5 Å². The van der Waals surface area contributed by atoms with Crippen LogP contribution < -0.4 is 11.2 Å². The molecule has 192 valence electrons. The number of H-pyrrole nitrogens is 1. The van der Waals surface area contributed by atoms with Crippen molar-refractivity contribution >= 4 is 35.1 Å². The number of ether oxygens (including phenoxy) is 1. The van der Waals surface area contributed by atoms with Crippen molar-refractivity contribution < 1.29 is 65.0 Å². The number of alkyl halides is 1. The lowest BCUT2D eigenvalue weighted by atomic mass is 9.87. The van der Waals surface area contributed by atoms with Gasteiger partial charge in [-0.15, -0.1) is 0 Å². The molecule has 1 aliphatic heterocycles. The highest BCUT2D eigenvalue weighted by Crippen LogP contribution is 2.66. The van der Waals surface area contributed by atoms with Crippen molar-refractivity contribution in [2.45, 2.75) is 18.0 Å². The third kappa shape index (κ3) is 6.90. The van der Waals surface area contributed by atoms with Crippen LogP contribution in [-0.2, 0) is 31.6 Å². The van der Waals surface area contributed by atoms with E-state index >= 15 is 4.39 Å². The number of hydrogen-bond donors (Lipinski definition) is 6. The number of phosphoric ester groups is 1. The molecule has 0 aliphatic carbocycles. The van der Waals surface area contributed by atoms with Crippen LogP contribution in [0.4, 0.5) is 8.78 Å². The van der Waals surface area contributed by atoms with Gasteiger partial charge in [-0.25, -0.2) is 22.9 Å². The molecule has 1 saturated heterocycles. The average Bonchev–Trinajstić information content (AvgIpc) is 2.91. The molecular formula is C12H14ClF2N2O14P3. The van der Waals surface area contributed by atoms with E-state index in [-0.39, 0.29) is 10.8 Å². The van der Waals surface area contributed by atoms with Gasteiger partial charge in [0.25, 0.3) is 5.56 Å². The lowest BCUT2D eigenvalue weighted by Crippen LogP contribution is -2.44. The van der Waals surface area contributed by atoms with Crippen LogP contribution in [0.2, 0.25) is 0 Å². The summed E-state index contributed by atoms with van der Waals surface area (Å²) in [6.07, 6.45) is -3.75. The minimum Gasteiger partial charge on any atom is -0.396 e. The third-order valence-electron chi connectivity index (χ3n) is 4.08. The van der Waals surface area contributed by atoms with Gasteiger partial charge in [-0.3, -0.25) is 18.9 Å². The van der Waals surface area contributed by atoms with E-state index in [1.165, 1.54) is 4.98 Å². The topological polar surface area (TPSA) is 244 Å². The molecule has 0 saturated carbocycles. The molecule has 0 amide bonds. The van der Waals surface area contributed by atoms with Gasteiger partial charge in [0.1, 0.15) is 0 Å². The normalized spacial score (nSPS) is 28.5. The zero-order chi connectivity index (χ0) is 26.1. The Morgan fingerprint density at radius 3 is 2.35 bits per heavy atom. The fourth-order valence-electron chi connectivity index (χ4n) is 2.82. The Kier molecular flexibility index (Phi) is 8.83. The first-order valence-electron chi connectivity index (χ1n) is 8.32. The first-order chi connectivity index (χ1) is 15.4. The Morgan fingerprint density at radius 2 is 1.82 bits per heavy atom. The zero-order valence-electron chi connectivity index (χ0n) is 16.1. The maximum absolute atomic E-state index is 15.7. The van der Waals surface area contributed by atoms with Gasteiger partial charge in [-0.2, -0.15) is 13.0 Å². The summed E-state index contributed by atoms with van der Waals surface area (Å²) in [7, 11) is -17.2. The summed E-state index contributed by atoms with van der Waals surface area (Å²) in [6.45, 7) is -2.37. The first-order valence-corrected chi connectivity index (χ1v) is 13.2. The summed E-state index contributed by atoms with van der Waals surface area (Å²) in [4.78, 5) is 60.5. The Bertz CT molecular complexity index is 1250. The van der Waals surface area contributed by atoms with E-state index in [1.807, 2.05) is 0 Å². The fraction of sp³-hybridized carbons (Fsp3) is 0.500. The van der Waals surface area contributed by atoms with E-state index in [2.05, 4.69) is 13.1 Å². The van der Waals surface area contributed by atoms with E-state index in [9.17, 15) is 37.7 Å². The lowest BCUT2D eigenvalue weighted by molar-refractivity contribution is -0.0526. The van der Waals surface area contributed by atoms with Crippen molar-refractivity contribution in [3.8, 4) is 11.3 Å². The smallest absolute Gasteiger partial charge is 0.396 e. The van der Waals surface area contributed by atoms with Crippen LogP contribution >= 0.6 is 35.1 Å². The second-order valence-corrected chi connectivity index (χ2v) is 10.9. The van der Waals surface area contributed by atoms with Crippen LogP contribution in [-0.4, -0.2) is 59.2 Å². The number of phosphoric acid groups is 3. The molecular weight excluding hydrogens is 563 g/mol. The summed E-state index contributed by atoms with van der Waals surface area (Å²) in [5.74, 6) is -1.56. The highest BCUT2D eigenvalue weighted by molar-refractivity contribution is 7.66. The number of aromatic amines is 1. The third-order valence-corrected chi connectivity index (χ3v) is 7.98. The molecule has 34 heavy (non-hydrogen) atoms. The monoisotopic (exact) mass is 576 g/mol. The van der Waals surface area contributed by atoms with Gasteiger partial charge < -0.3 is 29.4 Å². The zero-order valence-corrected chi connectivity index (χ0v) is 19.5. The highest BCUT2D eigenvalue weighted by atomic mass is 35.5. The van der Waals surface area contributed by atoms with Crippen molar-refractivity contribution in [2.24, 2.45) is 5.92 Å². The average molecular weight is 577 g/mol. The van der Waals surface area contributed by atoms with Crippen molar-refractivity contribution in [3.63, 3.8) is 0 Å². The molecule has 4 unspecified atom stereocenters. The molecule has 0 radical (unpaired) electrons. The summed E-state index contributed by atoms with van der Waals surface area (Å²) >= 11 is 5.24. The van der Waals surface area contributed by atoms with Crippen LogP contribution in [0.15, 0.2) is 15.8 Å². The lowest BCUT2D eigenvalue weighted by Gasteiger charge is -2.25. The minimum absolute atomic E-state index is 0.214. The number of aliphatic hydroxyl groups excluding tert-OH is 1. The number of halogens is 3. The van der Waals surface area contributed by atoms with Crippen molar-refractivity contribution in [1.82, 2.24) is 9.55 Å². The number of hydrogen-bond acceptors (Lipinski definition) is 10. The summed E-state index contributed by atoms with van der Waals surface area (Å²) < 4.78 is 80.1. The SMILES string of the molecule is O=c1[nH]c(=O)n([C@@H]2O[C@H](COP(=O)(O)OP(=O)(O)OP(=O)(O)O)C(CO)C2(F)C#CCl)cc1F. The Hall–Kier alpha value is -1.28. The molecule has 0 bridgehead atoms. The van der Waals surface area contributed by atoms with Gasteiger partial charge in [0, 0.05) is 5.38 Å². The molecule has 6 N–H and O–H groups in total. The van der Waals surface area contributed by atoms with Gasteiger partial charge in [0.2, 0.25) is 11.5 Å². The molecule has 16 nitrogen and oxygen atoms in total. The predicted molar refractivity (Wildman–Crippen MR) is 103 cm³/mol. The largest absolute Gasteiger partial charge is 0.490 e. The molecule has 0 spiro atoms. The number of nitrogens with zero attached hydrogens (tertiary/aromatic N) is 1. The molecule has 1 aromatic heterocycles. The molecule has 22 heteroatoms. The second kappa shape index (κ2) is 10.4. The maximum Gasteiger partial charge on any atom is 0.490 e. The van der Waals surface area contributed by atoms with E-state index in [0.29, 0.717) is 0 Å². The molecule has 1 fully saturated rings. The van der Waals surface area contributed by atoms with Crippen molar-refractivity contribution in [2.75, 3.05) is 13.2 Å². The van der Waals surface area contributed by atoms with Crippen LogP contribution in [0, 0.1) is 23.0 Å². The molecule has 0 aromatic carbocycles. The molecule has 2 rings (SSSR count). The number of aliphatic hydroxyl groups is 1. The molecule has 1 aliphatic rings. The van der Waals surface area contributed by atoms with Crippen molar-refractivity contribution in [3.05, 3.63) is 32.9 Å². The molecule has 1 aromatic rings. The Labute approximate surface area is 191 Å². The predicted octanol–water partition coefficient (Wildman–Crippen LogP) is -0.567. The first kappa shape index (κ1) is 29.0. The molecule has 2 heterocycles.